The van der Waals surface area contributed by atoms with Crippen molar-refractivity contribution in [1.82, 2.24) is 10.2 Å². The van der Waals surface area contributed by atoms with Gasteiger partial charge in [0.2, 0.25) is 21.8 Å². The summed E-state index contributed by atoms with van der Waals surface area (Å²) in [5.41, 5.74) is 2.54. The van der Waals surface area contributed by atoms with E-state index in [1.54, 1.807) is 36.1 Å². The summed E-state index contributed by atoms with van der Waals surface area (Å²) in [7, 11) is -2.05. The Morgan fingerprint density at radius 3 is 2.41 bits per heavy atom. The van der Waals surface area contributed by atoms with Gasteiger partial charge in [-0.3, -0.25) is 13.9 Å². The molecule has 0 spiro atoms. The van der Waals surface area contributed by atoms with Crippen LogP contribution in [0, 0.1) is 6.92 Å². The zero-order chi connectivity index (χ0) is 27.0. The van der Waals surface area contributed by atoms with Crippen LogP contribution in [0.1, 0.15) is 56.6 Å². The van der Waals surface area contributed by atoms with E-state index in [2.05, 4.69) is 5.32 Å². The van der Waals surface area contributed by atoms with Crippen LogP contribution in [0.3, 0.4) is 0 Å². The Hall–Kier alpha value is -3.07. The molecule has 0 saturated heterocycles. The summed E-state index contributed by atoms with van der Waals surface area (Å²) in [6, 6.07) is 14.2. The maximum Gasteiger partial charge on any atom is 0.242 e. The van der Waals surface area contributed by atoms with E-state index in [0.717, 1.165) is 43.1 Å². The number of anilines is 1. The van der Waals surface area contributed by atoms with E-state index in [0.29, 0.717) is 24.4 Å². The highest BCUT2D eigenvalue weighted by Gasteiger charge is 2.28. The second kappa shape index (κ2) is 12.9. The second-order valence-electron chi connectivity index (χ2n) is 9.81. The standard InChI is InChI=1S/C28H39N3O5S/c1-21-14-16-23(17-15-21)20-30(22(2)28(33)29-24-9-5-6-10-24)27(32)13-8-18-31(37(4,34)35)25-11-7-12-26(19-25)36-3/h7,11-12,14-17,19,22,24H,5-6,8-10,13,18,20H2,1-4H3,(H,29,33)/t22-/m0/s1. The summed E-state index contributed by atoms with van der Waals surface area (Å²) in [5.74, 6) is 0.212. The van der Waals surface area contributed by atoms with E-state index in [4.69, 9.17) is 4.74 Å². The van der Waals surface area contributed by atoms with Crippen molar-refractivity contribution in [2.75, 3.05) is 24.2 Å². The molecule has 0 aromatic heterocycles. The first-order valence-corrected chi connectivity index (χ1v) is 14.7. The summed E-state index contributed by atoms with van der Waals surface area (Å²) in [6.07, 6.45) is 5.72. The van der Waals surface area contributed by atoms with Gasteiger partial charge in [0.05, 0.1) is 19.1 Å². The van der Waals surface area contributed by atoms with Crippen LogP contribution >= 0.6 is 0 Å². The number of carbonyl (C=O) groups is 2. The molecule has 9 heteroatoms. The quantitative estimate of drug-likeness (QED) is 0.448. The summed E-state index contributed by atoms with van der Waals surface area (Å²) in [4.78, 5) is 28.1. The number of hydrogen-bond acceptors (Lipinski definition) is 5. The molecular weight excluding hydrogens is 490 g/mol. The number of carbonyl (C=O) groups excluding carboxylic acids is 2. The Morgan fingerprint density at radius 1 is 1.11 bits per heavy atom. The zero-order valence-corrected chi connectivity index (χ0v) is 23.1. The second-order valence-corrected chi connectivity index (χ2v) is 11.7. The Balaban J connectivity index is 1.71. The van der Waals surface area contributed by atoms with Crippen molar-refractivity contribution in [3.05, 3.63) is 59.7 Å². The number of hydrogen-bond donors (Lipinski definition) is 1. The number of nitrogens with zero attached hydrogens (tertiary/aromatic N) is 2. The van der Waals surface area contributed by atoms with Gasteiger partial charge in [0, 0.05) is 31.6 Å². The Kier molecular flexibility index (Phi) is 9.97. The molecule has 0 unspecified atom stereocenters. The average molecular weight is 530 g/mol. The summed E-state index contributed by atoms with van der Waals surface area (Å²) >= 11 is 0. The minimum Gasteiger partial charge on any atom is -0.497 e. The fraction of sp³-hybridized carbons (Fsp3) is 0.500. The monoisotopic (exact) mass is 529 g/mol. The van der Waals surface area contributed by atoms with Crippen LogP contribution in [0.25, 0.3) is 0 Å². The topological polar surface area (TPSA) is 96.0 Å². The fourth-order valence-corrected chi connectivity index (χ4v) is 5.59. The predicted molar refractivity (Wildman–Crippen MR) is 146 cm³/mol. The Morgan fingerprint density at radius 2 is 1.78 bits per heavy atom. The number of amides is 2. The van der Waals surface area contributed by atoms with Gasteiger partial charge < -0.3 is 15.0 Å². The first-order valence-electron chi connectivity index (χ1n) is 12.9. The molecule has 2 amide bonds. The largest absolute Gasteiger partial charge is 0.497 e. The smallest absolute Gasteiger partial charge is 0.242 e. The normalized spacial score (nSPS) is 14.7. The van der Waals surface area contributed by atoms with Gasteiger partial charge >= 0.3 is 0 Å². The number of nitrogens with one attached hydrogen (secondary N) is 1. The molecule has 2 aromatic rings. The third kappa shape index (κ3) is 8.21. The number of aryl methyl sites for hydroxylation is 1. The molecule has 1 fully saturated rings. The maximum atomic E-state index is 13.4. The predicted octanol–water partition coefficient (Wildman–Crippen LogP) is 4.03. The highest BCUT2D eigenvalue weighted by atomic mass is 32.2. The van der Waals surface area contributed by atoms with Crippen LogP contribution in [0.5, 0.6) is 5.75 Å². The van der Waals surface area contributed by atoms with Crippen LogP contribution < -0.4 is 14.4 Å². The van der Waals surface area contributed by atoms with Crippen molar-refractivity contribution >= 4 is 27.5 Å². The summed E-state index contributed by atoms with van der Waals surface area (Å²) in [6.45, 7) is 4.21. The van der Waals surface area contributed by atoms with Crippen molar-refractivity contribution in [3.63, 3.8) is 0 Å². The molecule has 1 N–H and O–H groups in total. The lowest BCUT2D eigenvalue weighted by Crippen LogP contribution is -2.49. The highest BCUT2D eigenvalue weighted by molar-refractivity contribution is 7.92. The molecule has 202 valence electrons. The van der Waals surface area contributed by atoms with E-state index in [1.807, 2.05) is 31.2 Å². The molecule has 3 rings (SSSR count). The van der Waals surface area contributed by atoms with Crippen molar-refractivity contribution < 1.29 is 22.7 Å². The number of methoxy groups -OCH3 is 1. The van der Waals surface area contributed by atoms with Crippen molar-refractivity contribution in [1.29, 1.82) is 0 Å². The lowest BCUT2D eigenvalue weighted by Gasteiger charge is -2.30. The van der Waals surface area contributed by atoms with Gasteiger partial charge in [0.15, 0.2) is 0 Å². The minimum atomic E-state index is -3.57. The van der Waals surface area contributed by atoms with Gasteiger partial charge in [-0.05, 0) is 50.8 Å². The van der Waals surface area contributed by atoms with Crippen molar-refractivity contribution in [2.45, 2.75) is 71.0 Å². The minimum absolute atomic E-state index is 0.114. The number of rotatable bonds is 12. The zero-order valence-electron chi connectivity index (χ0n) is 22.3. The Bertz CT molecular complexity index is 1160. The van der Waals surface area contributed by atoms with Crippen molar-refractivity contribution in [3.8, 4) is 5.75 Å². The van der Waals surface area contributed by atoms with E-state index < -0.39 is 16.1 Å². The molecule has 0 bridgehead atoms. The molecule has 0 aliphatic heterocycles. The van der Waals surface area contributed by atoms with Gasteiger partial charge in [-0.1, -0.05) is 48.7 Å². The van der Waals surface area contributed by atoms with Crippen LogP contribution in [0.15, 0.2) is 48.5 Å². The van der Waals surface area contributed by atoms with Crippen LogP contribution in [0.4, 0.5) is 5.69 Å². The SMILES string of the molecule is COc1cccc(N(CCCC(=O)N(Cc2ccc(C)cc2)[C@@H](C)C(=O)NC2CCCC2)S(C)(=O)=O)c1. The molecule has 1 atom stereocenters. The third-order valence-corrected chi connectivity index (χ3v) is 8.03. The molecule has 1 aliphatic rings. The summed E-state index contributed by atoms with van der Waals surface area (Å²) in [5, 5.41) is 3.10. The van der Waals surface area contributed by atoms with Gasteiger partial charge in [-0.2, -0.15) is 0 Å². The Labute approximate surface area is 221 Å². The van der Waals surface area contributed by atoms with Gasteiger partial charge in [-0.15, -0.1) is 0 Å². The van der Waals surface area contributed by atoms with Crippen molar-refractivity contribution in [2.24, 2.45) is 0 Å². The molecule has 1 aliphatic carbocycles. The summed E-state index contributed by atoms with van der Waals surface area (Å²) < 4.78 is 31.5. The third-order valence-electron chi connectivity index (χ3n) is 6.84. The number of benzene rings is 2. The molecule has 0 radical (unpaired) electrons. The maximum absolute atomic E-state index is 13.4. The van der Waals surface area contributed by atoms with Crippen LogP contribution in [0.2, 0.25) is 0 Å². The van der Waals surface area contributed by atoms with Gasteiger partial charge in [0.25, 0.3) is 0 Å². The molecule has 0 heterocycles. The van der Waals surface area contributed by atoms with E-state index in [9.17, 15) is 18.0 Å². The van der Waals surface area contributed by atoms with Crippen LogP contribution in [-0.4, -0.2) is 57.1 Å². The highest BCUT2D eigenvalue weighted by Crippen LogP contribution is 2.24. The lowest BCUT2D eigenvalue weighted by molar-refractivity contribution is -0.141. The average Bonchev–Trinajstić information content (AvgIpc) is 3.38. The fourth-order valence-electron chi connectivity index (χ4n) is 4.63. The van der Waals surface area contributed by atoms with E-state index in [1.165, 1.54) is 11.4 Å². The lowest BCUT2D eigenvalue weighted by atomic mass is 10.1. The molecule has 37 heavy (non-hydrogen) atoms. The van der Waals surface area contributed by atoms with E-state index >= 15 is 0 Å². The first-order chi connectivity index (χ1) is 17.6. The molecular formula is C28H39N3O5S. The van der Waals surface area contributed by atoms with Gasteiger partial charge in [0.1, 0.15) is 11.8 Å². The van der Waals surface area contributed by atoms with Gasteiger partial charge in [-0.25, -0.2) is 8.42 Å². The molecule has 8 nitrogen and oxygen atoms in total. The number of ether oxygens (including phenoxy) is 1. The molecule has 2 aromatic carbocycles. The van der Waals surface area contributed by atoms with Crippen LogP contribution in [-0.2, 0) is 26.2 Å². The first kappa shape index (κ1) is 28.5. The number of sulfonamides is 1. The van der Waals surface area contributed by atoms with E-state index in [-0.39, 0.29) is 30.8 Å². The molecule has 1 saturated carbocycles.